The standard InChI is InChI=1S/C14H16FNOS/c1-2-11(16)14(13-8-5-9-18-13)17-12-7-4-3-6-10(12)15/h3-9,11,14H,2,16H2,1H3. The summed E-state index contributed by atoms with van der Waals surface area (Å²) in [6.45, 7) is 2.00. The molecule has 2 aromatic rings. The minimum atomic E-state index is -0.359. The van der Waals surface area contributed by atoms with Crippen LogP contribution >= 0.6 is 11.3 Å². The minimum absolute atomic E-state index is 0.150. The van der Waals surface area contributed by atoms with E-state index in [9.17, 15) is 4.39 Å². The van der Waals surface area contributed by atoms with Gasteiger partial charge in [-0.2, -0.15) is 0 Å². The van der Waals surface area contributed by atoms with Crippen molar-refractivity contribution in [3.63, 3.8) is 0 Å². The van der Waals surface area contributed by atoms with Gasteiger partial charge in [0, 0.05) is 10.9 Å². The summed E-state index contributed by atoms with van der Waals surface area (Å²) in [5.74, 6) is -0.109. The van der Waals surface area contributed by atoms with Crippen molar-refractivity contribution in [2.24, 2.45) is 5.73 Å². The average molecular weight is 265 g/mol. The molecule has 1 heterocycles. The molecule has 1 aromatic heterocycles. The molecular weight excluding hydrogens is 249 g/mol. The smallest absolute Gasteiger partial charge is 0.165 e. The highest BCUT2D eigenvalue weighted by Gasteiger charge is 2.22. The number of hydrogen-bond donors (Lipinski definition) is 1. The van der Waals surface area contributed by atoms with Crippen LogP contribution < -0.4 is 10.5 Å². The van der Waals surface area contributed by atoms with Gasteiger partial charge in [0.1, 0.15) is 6.10 Å². The summed E-state index contributed by atoms with van der Waals surface area (Å²) in [5, 5.41) is 1.97. The zero-order valence-corrected chi connectivity index (χ0v) is 11.0. The molecule has 1 aromatic carbocycles. The monoisotopic (exact) mass is 265 g/mol. The van der Waals surface area contributed by atoms with E-state index in [0.29, 0.717) is 0 Å². The summed E-state index contributed by atoms with van der Waals surface area (Å²) < 4.78 is 19.3. The Morgan fingerprint density at radius 3 is 2.67 bits per heavy atom. The molecule has 2 nitrogen and oxygen atoms in total. The van der Waals surface area contributed by atoms with Crippen molar-refractivity contribution in [3.05, 3.63) is 52.5 Å². The Balaban J connectivity index is 2.24. The van der Waals surface area contributed by atoms with Crippen LogP contribution in [0.25, 0.3) is 0 Å². The van der Waals surface area contributed by atoms with Crippen LogP contribution in [0.4, 0.5) is 4.39 Å². The number of para-hydroxylation sites is 1. The van der Waals surface area contributed by atoms with Crippen molar-refractivity contribution < 1.29 is 9.13 Å². The van der Waals surface area contributed by atoms with E-state index >= 15 is 0 Å². The van der Waals surface area contributed by atoms with Crippen LogP contribution in [-0.2, 0) is 0 Å². The quantitative estimate of drug-likeness (QED) is 0.893. The van der Waals surface area contributed by atoms with Crippen LogP contribution in [0.5, 0.6) is 5.75 Å². The maximum atomic E-state index is 13.6. The first-order valence-electron chi connectivity index (χ1n) is 5.92. The van der Waals surface area contributed by atoms with Crippen molar-refractivity contribution in [1.82, 2.24) is 0 Å². The van der Waals surface area contributed by atoms with Gasteiger partial charge in [-0.15, -0.1) is 11.3 Å². The number of halogens is 1. The lowest BCUT2D eigenvalue weighted by atomic mass is 10.1. The lowest BCUT2D eigenvalue weighted by Gasteiger charge is -2.23. The molecule has 0 fully saturated rings. The Morgan fingerprint density at radius 2 is 2.06 bits per heavy atom. The van der Waals surface area contributed by atoms with Crippen LogP contribution in [0.3, 0.4) is 0 Å². The predicted octanol–water partition coefficient (Wildman–Crippen LogP) is 3.74. The molecule has 2 N–H and O–H groups in total. The molecule has 0 radical (unpaired) electrons. The molecule has 18 heavy (non-hydrogen) atoms. The van der Waals surface area contributed by atoms with E-state index in [1.807, 2.05) is 24.4 Å². The molecule has 2 rings (SSSR count). The summed E-state index contributed by atoms with van der Waals surface area (Å²) >= 11 is 1.57. The van der Waals surface area contributed by atoms with Gasteiger partial charge < -0.3 is 10.5 Å². The molecule has 0 saturated carbocycles. The third-order valence-corrected chi connectivity index (χ3v) is 3.71. The molecule has 4 heteroatoms. The van der Waals surface area contributed by atoms with Crippen LogP contribution in [0.1, 0.15) is 24.3 Å². The van der Waals surface area contributed by atoms with Gasteiger partial charge in [0.05, 0.1) is 0 Å². The van der Waals surface area contributed by atoms with Gasteiger partial charge in [-0.1, -0.05) is 25.1 Å². The molecule has 0 aliphatic rings. The van der Waals surface area contributed by atoms with Crippen molar-refractivity contribution in [3.8, 4) is 5.75 Å². The summed E-state index contributed by atoms with van der Waals surface area (Å²) in [5.41, 5.74) is 6.07. The van der Waals surface area contributed by atoms with Crippen molar-refractivity contribution >= 4 is 11.3 Å². The Hall–Kier alpha value is -1.39. The molecule has 2 atom stereocenters. The number of hydrogen-bond acceptors (Lipinski definition) is 3. The fourth-order valence-electron chi connectivity index (χ4n) is 1.70. The van der Waals surface area contributed by atoms with Gasteiger partial charge >= 0.3 is 0 Å². The second-order valence-electron chi connectivity index (χ2n) is 4.06. The van der Waals surface area contributed by atoms with Gasteiger partial charge in [-0.3, -0.25) is 0 Å². The molecular formula is C14H16FNOS. The topological polar surface area (TPSA) is 35.2 Å². The summed E-state index contributed by atoms with van der Waals surface area (Å²) in [7, 11) is 0. The fourth-order valence-corrected chi connectivity index (χ4v) is 2.53. The third-order valence-electron chi connectivity index (χ3n) is 2.77. The number of ether oxygens (including phenoxy) is 1. The Bertz CT molecular complexity index is 486. The maximum absolute atomic E-state index is 13.6. The van der Waals surface area contributed by atoms with E-state index in [1.54, 1.807) is 29.5 Å². The molecule has 2 unspecified atom stereocenters. The van der Waals surface area contributed by atoms with Crippen LogP contribution in [-0.4, -0.2) is 6.04 Å². The van der Waals surface area contributed by atoms with Gasteiger partial charge in [0.2, 0.25) is 0 Å². The SMILES string of the molecule is CCC(N)C(Oc1ccccc1F)c1cccs1. The lowest BCUT2D eigenvalue weighted by Crippen LogP contribution is -2.31. The molecule has 0 bridgehead atoms. The summed E-state index contributed by atoms with van der Waals surface area (Å²) in [4.78, 5) is 1.02. The second-order valence-corrected chi connectivity index (χ2v) is 5.04. The summed E-state index contributed by atoms with van der Waals surface area (Å²) in [6.07, 6.45) is 0.476. The zero-order valence-electron chi connectivity index (χ0n) is 10.2. The van der Waals surface area contributed by atoms with E-state index in [0.717, 1.165) is 11.3 Å². The number of thiophene rings is 1. The molecule has 96 valence electrons. The molecule has 0 aliphatic heterocycles. The van der Waals surface area contributed by atoms with Gasteiger partial charge in [0.25, 0.3) is 0 Å². The number of rotatable bonds is 5. The van der Waals surface area contributed by atoms with Gasteiger partial charge in [-0.05, 0) is 30.0 Å². The number of benzene rings is 1. The fraction of sp³-hybridized carbons (Fsp3) is 0.286. The highest BCUT2D eigenvalue weighted by atomic mass is 32.1. The Kier molecular flexibility index (Phi) is 4.33. The van der Waals surface area contributed by atoms with Gasteiger partial charge in [0.15, 0.2) is 11.6 Å². The van der Waals surface area contributed by atoms with E-state index in [-0.39, 0.29) is 23.7 Å². The largest absolute Gasteiger partial charge is 0.480 e. The zero-order chi connectivity index (χ0) is 13.0. The molecule has 0 saturated heterocycles. The van der Waals surface area contributed by atoms with Crippen molar-refractivity contribution in [2.45, 2.75) is 25.5 Å². The second kappa shape index (κ2) is 5.98. The Morgan fingerprint density at radius 1 is 1.28 bits per heavy atom. The minimum Gasteiger partial charge on any atom is -0.480 e. The third kappa shape index (κ3) is 2.89. The van der Waals surface area contributed by atoms with Crippen LogP contribution in [0.15, 0.2) is 41.8 Å². The van der Waals surface area contributed by atoms with E-state index < -0.39 is 0 Å². The molecule has 0 amide bonds. The van der Waals surface area contributed by atoms with Crippen molar-refractivity contribution in [1.29, 1.82) is 0 Å². The predicted molar refractivity (Wildman–Crippen MR) is 72.4 cm³/mol. The molecule has 0 spiro atoms. The summed E-state index contributed by atoms with van der Waals surface area (Å²) in [6, 6.07) is 10.2. The molecule has 0 aliphatic carbocycles. The highest BCUT2D eigenvalue weighted by Crippen LogP contribution is 2.29. The average Bonchev–Trinajstić information content (AvgIpc) is 2.90. The van der Waals surface area contributed by atoms with Crippen LogP contribution in [0.2, 0.25) is 0 Å². The Labute approximate surface area is 110 Å². The number of nitrogens with two attached hydrogens (primary N) is 1. The van der Waals surface area contributed by atoms with Crippen molar-refractivity contribution in [2.75, 3.05) is 0 Å². The highest BCUT2D eigenvalue weighted by molar-refractivity contribution is 7.10. The van der Waals surface area contributed by atoms with E-state index in [1.165, 1.54) is 6.07 Å². The van der Waals surface area contributed by atoms with Crippen LogP contribution in [0, 0.1) is 5.82 Å². The first-order chi connectivity index (χ1) is 8.72. The first kappa shape index (κ1) is 13.1. The van der Waals surface area contributed by atoms with E-state index in [2.05, 4.69) is 0 Å². The van der Waals surface area contributed by atoms with E-state index in [4.69, 9.17) is 10.5 Å². The maximum Gasteiger partial charge on any atom is 0.165 e. The normalized spacial score (nSPS) is 14.2. The lowest BCUT2D eigenvalue weighted by molar-refractivity contribution is 0.167. The van der Waals surface area contributed by atoms with Gasteiger partial charge in [-0.25, -0.2) is 4.39 Å². The first-order valence-corrected chi connectivity index (χ1v) is 6.80.